The van der Waals surface area contributed by atoms with Crippen molar-refractivity contribution in [3.05, 3.63) is 53.9 Å². The van der Waals surface area contributed by atoms with Gasteiger partial charge in [-0.25, -0.2) is 0 Å². The summed E-state index contributed by atoms with van der Waals surface area (Å²) in [6.45, 7) is 3.13. The molecule has 0 aliphatic carbocycles. The van der Waals surface area contributed by atoms with Crippen molar-refractivity contribution in [3.63, 3.8) is 0 Å². The molecule has 0 atom stereocenters. The zero-order chi connectivity index (χ0) is 13.0. The minimum absolute atomic E-state index is 0.0130. The summed E-state index contributed by atoms with van der Waals surface area (Å²) in [7, 11) is 0. The number of nitrogens with zero attached hydrogens (tertiary/aromatic N) is 1. The lowest BCUT2D eigenvalue weighted by atomic mass is 10.1. The molecule has 0 unspecified atom stereocenters. The standard InChI is InChI=1S/C14H16N2O2/c1-11-4-5-13(17)12(10-11)14(18)15-6-9-16-7-2-3-8-16/h2-5,7-8,10,17H,6,9H2,1H3,(H,15,18). The van der Waals surface area contributed by atoms with Crippen LogP contribution in [0.1, 0.15) is 15.9 Å². The van der Waals surface area contributed by atoms with Gasteiger partial charge in [0.05, 0.1) is 5.56 Å². The van der Waals surface area contributed by atoms with Gasteiger partial charge in [-0.05, 0) is 31.2 Å². The second-order valence-corrected chi connectivity index (χ2v) is 4.20. The molecule has 94 valence electrons. The Morgan fingerprint density at radius 2 is 2.06 bits per heavy atom. The summed E-state index contributed by atoms with van der Waals surface area (Å²) in [6.07, 6.45) is 3.88. The largest absolute Gasteiger partial charge is 0.507 e. The van der Waals surface area contributed by atoms with Gasteiger partial charge in [-0.1, -0.05) is 11.6 Å². The van der Waals surface area contributed by atoms with Crippen molar-refractivity contribution in [3.8, 4) is 5.75 Å². The summed E-state index contributed by atoms with van der Waals surface area (Å²) < 4.78 is 1.98. The molecule has 0 bridgehead atoms. The molecule has 1 aromatic heterocycles. The second kappa shape index (κ2) is 5.40. The molecule has 0 fully saturated rings. The van der Waals surface area contributed by atoms with E-state index in [4.69, 9.17) is 0 Å². The zero-order valence-corrected chi connectivity index (χ0v) is 10.3. The third-order valence-electron chi connectivity index (χ3n) is 2.72. The molecule has 0 saturated carbocycles. The molecule has 2 N–H and O–H groups in total. The first-order valence-corrected chi connectivity index (χ1v) is 5.85. The molecule has 4 nitrogen and oxygen atoms in total. The van der Waals surface area contributed by atoms with Crippen molar-refractivity contribution in [2.75, 3.05) is 6.54 Å². The fourth-order valence-electron chi connectivity index (χ4n) is 1.74. The molecule has 0 aliphatic heterocycles. The molecule has 2 aromatic rings. The highest BCUT2D eigenvalue weighted by atomic mass is 16.3. The molecule has 1 aromatic carbocycles. The first kappa shape index (κ1) is 12.2. The molecule has 4 heteroatoms. The average Bonchev–Trinajstić information content (AvgIpc) is 2.85. The van der Waals surface area contributed by atoms with Gasteiger partial charge in [0.25, 0.3) is 5.91 Å². The van der Waals surface area contributed by atoms with Gasteiger partial charge in [-0.2, -0.15) is 0 Å². The third kappa shape index (κ3) is 2.91. The number of rotatable bonds is 4. The molecular weight excluding hydrogens is 228 g/mol. The number of amides is 1. The highest BCUT2D eigenvalue weighted by Crippen LogP contribution is 2.17. The Balaban J connectivity index is 1.93. The maximum Gasteiger partial charge on any atom is 0.255 e. The van der Waals surface area contributed by atoms with Crippen molar-refractivity contribution < 1.29 is 9.90 Å². The van der Waals surface area contributed by atoms with Crippen LogP contribution in [0.15, 0.2) is 42.7 Å². The zero-order valence-electron chi connectivity index (χ0n) is 10.3. The summed E-state index contributed by atoms with van der Waals surface area (Å²) in [5, 5.41) is 12.4. The number of phenolic OH excluding ortho intramolecular Hbond substituents is 1. The highest BCUT2D eigenvalue weighted by Gasteiger charge is 2.10. The molecule has 0 radical (unpaired) electrons. The number of aromatic nitrogens is 1. The van der Waals surface area contributed by atoms with Gasteiger partial charge in [0, 0.05) is 25.5 Å². The lowest BCUT2D eigenvalue weighted by Gasteiger charge is -2.08. The number of hydrogen-bond acceptors (Lipinski definition) is 2. The molecule has 0 spiro atoms. The van der Waals surface area contributed by atoms with Crippen LogP contribution in [0.25, 0.3) is 0 Å². The number of carbonyl (C=O) groups is 1. The predicted octanol–water partition coefficient (Wildman–Crippen LogP) is 1.93. The van der Waals surface area contributed by atoms with Gasteiger partial charge < -0.3 is 15.0 Å². The maximum atomic E-state index is 11.9. The van der Waals surface area contributed by atoms with Crippen LogP contribution < -0.4 is 5.32 Å². The normalized spacial score (nSPS) is 10.3. The minimum Gasteiger partial charge on any atom is -0.507 e. The molecule has 18 heavy (non-hydrogen) atoms. The number of carbonyl (C=O) groups excluding carboxylic acids is 1. The van der Waals surface area contributed by atoms with Crippen LogP contribution in [0.5, 0.6) is 5.75 Å². The summed E-state index contributed by atoms with van der Waals surface area (Å²) in [4.78, 5) is 11.9. The Labute approximate surface area is 106 Å². The number of aromatic hydroxyl groups is 1. The van der Waals surface area contributed by atoms with Crippen molar-refractivity contribution in [2.45, 2.75) is 13.5 Å². The van der Waals surface area contributed by atoms with E-state index in [1.54, 1.807) is 12.1 Å². The monoisotopic (exact) mass is 244 g/mol. The SMILES string of the molecule is Cc1ccc(O)c(C(=O)NCCn2cccc2)c1. The first-order valence-electron chi connectivity index (χ1n) is 5.85. The van der Waals surface area contributed by atoms with E-state index in [0.717, 1.165) is 5.56 Å². The highest BCUT2D eigenvalue weighted by molar-refractivity contribution is 5.96. The van der Waals surface area contributed by atoms with E-state index in [-0.39, 0.29) is 11.7 Å². The van der Waals surface area contributed by atoms with E-state index in [0.29, 0.717) is 18.7 Å². The fraction of sp³-hybridized carbons (Fsp3) is 0.214. The van der Waals surface area contributed by atoms with Gasteiger partial charge in [0.15, 0.2) is 0 Å². The quantitative estimate of drug-likeness (QED) is 0.863. The van der Waals surface area contributed by atoms with E-state index >= 15 is 0 Å². The first-order chi connectivity index (χ1) is 8.66. The summed E-state index contributed by atoms with van der Waals surface area (Å²) in [6, 6.07) is 8.87. The molecule has 0 saturated heterocycles. The number of benzene rings is 1. The summed E-state index contributed by atoms with van der Waals surface area (Å²) >= 11 is 0. The Bertz CT molecular complexity index is 533. The summed E-state index contributed by atoms with van der Waals surface area (Å²) in [5.74, 6) is -0.234. The topological polar surface area (TPSA) is 54.3 Å². The molecular formula is C14H16N2O2. The Kier molecular flexibility index (Phi) is 3.67. The lowest BCUT2D eigenvalue weighted by Crippen LogP contribution is -2.27. The van der Waals surface area contributed by atoms with Gasteiger partial charge in [-0.3, -0.25) is 4.79 Å². The molecule has 1 heterocycles. The number of aryl methyl sites for hydroxylation is 1. The Hall–Kier alpha value is -2.23. The van der Waals surface area contributed by atoms with E-state index in [1.807, 2.05) is 36.0 Å². The third-order valence-corrected chi connectivity index (χ3v) is 2.72. The van der Waals surface area contributed by atoms with Crippen molar-refractivity contribution in [1.29, 1.82) is 0 Å². The second-order valence-electron chi connectivity index (χ2n) is 4.20. The van der Waals surface area contributed by atoms with E-state index in [1.165, 1.54) is 6.07 Å². The average molecular weight is 244 g/mol. The van der Waals surface area contributed by atoms with Crippen LogP contribution in [0.3, 0.4) is 0 Å². The smallest absolute Gasteiger partial charge is 0.255 e. The van der Waals surface area contributed by atoms with Crippen molar-refractivity contribution in [1.82, 2.24) is 9.88 Å². The van der Waals surface area contributed by atoms with Crippen LogP contribution in [0.4, 0.5) is 0 Å². The number of hydrogen-bond donors (Lipinski definition) is 2. The molecule has 1 amide bonds. The molecule has 2 rings (SSSR count). The summed E-state index contributed by atoms with van der Waals surface area (Å²) in [5.41, 5.74) is 1.27. The number of nitrogens with one attached hydrogen (secondary N) is 1. The van der Waals surface area contributed by atoms with Crippen LogP contribution in [0.2, 0.25) is 0 Å². The number of phenols is 1. The van der Waals surface area contributed by atoms with E-state index in [2.05, 4.69) is 5.32 Å². The van der Waals surface area contributed by atoms with Gasteiger partial charge in [-0.15, -0.1) is 0 Å². The van der Waals surface area contributed by atoms with Crippen LogP contribution in [-0.4, -0.2) is 22.1 Å². The van der Waals surface area contributed by atoms with Crippen LogP contribution >= 0.6 is 0 Å². The lowest BCUT2D eigenvalue weighted by molar-refractivity contribution is 0.0949. The van der Waals surface area contributed by atoms with E-state index < -0.39 is 0 Å². The molecule has 0 aliphatic rings. The van der Waals surface area contributed by atoms with Gasteiger partial charge in [0.1, 0.15) is 5.75 Å². The minimum atomic E-state index is -0.247. The van der Waals surface area contributed by atoms with Crippen molar-refractivity contribution in [2.24, 2.45) is 0 Å². The Morgan fingerprint density at radius 1 is 1.33 bits per heavy atom. The van der Waals surface area contributed by atoms with E-state index in [9.17, 15) is 9.90 Å². The van der Waals surface area contributed by atoms with Crippen molar-refractivity contribution >= 4 is 5.91 Å². The van der Waals surface area contributed by atoms with Gasteiger partial charge >= 0.3 is 0 Å². The van der Waals surface area contributed by atoms with Gasteiger partial charge in [0.2, 0.25) is 0 Å². The Morgan fingerprint density at radius 3 is 2.78 bits per heavy atom. The van der Waals surface area contributed by atoms with Crippen LogP contribution in [-0.2, 0) is 6.54 Å². The maximum absolute atomic E-state index is 11.9. The predicted molar refractivity (Wildman–Crippen MR) is 69.6 cm³/mol. The fourth-order valence-corrected chi connectivity index (χ4v) is 1.74. The van der Waals surface area contributed by atoms with Crippen LogP contribution in [0, 0.1) is 6.92 Å².